The van der Waals surface area contributed by atoms with E-state index in [-0.39, 0.29) is 17.0 Å². The van der Waals surface area contributed by atoms with Crippen molar-refractivity contribution in [1.29, 1.82) is 0 Å². The summed E-state index contributed by atoms with van der Waals surface area (Å²) in [6, 6.07) is 4.46. The Kier molecular flexibility index (Phi) is 4.77. The number of rotatable bonds is 3. The van der Waals surface area contributed by atoms with Crippen LogP contribution in [0.25, 0.3) is 0 Å². The molecule has 0 N–H and O–H groups in total. The van der Waals surface area contributed by atoms with Crippen LogP contribution in [0.1, 0.15) is 24.8 Å². The smallest absolute Gasteiger partial charge is 0.323 e. The van der Waals surface area contributed by atoms with Gasteiger partial charge in [-0.15, -0.1) is 0 Å². The van der Waals surface area contributed by atoms with E-state index in [1.165, 1.54) is 13.2 Å². The lowest BCUT2D eigenvalue weighted by Crippen LogP contribution is -2.44. The molecule has 1 aromatic rings. The highest BCUT2D eigenvalue weighted by molar-refractivity contribution is 6.30. The van der Waals surface area contributed by atoms with E-state index < -0.39 is 5.82 Å². The second-order valence-electron chi connectivity index (χ2n) is 4.75. The van der Waals surface area contributed by atoms with Gasteiger partial charge in [-0.25, -0.2) is 4.39 Å². The number of methoxy groups -OCH3 is 1. The van der Waals surface area contributed by atoms with Gasteiger partial charge < -0.3 is 4.74 Å². The topological polar surface area (TPSA) is 29.5 Å². The van der Waals surface area contributed by atoms with E-state index in [4.69, 9.17) is 16.3 Å². The number of benzene rings is 1. The maximum atomic E-state index is 13.1. The third-order valence-electron chi connectivity index (χ3n) is 3.46. The summed E-state index contributed by atoms with van der Waals surface area (Å²) in [7, 11) is 1.41. The van der Waals surface area contributed by atoms with Gasteiger partial charge in [0.25, 0.3) is 0 Å². The van der Waals surface area contributed by atoms with Gasteiger partial charge >= 0.3 is 5.97 Å². The molecule has 5 heteroatoms. The zero-order chi connectivity index (χ0) is 13.8. The molecule has 0 aliphatic carbocycles. The molecule has 0 amide bonds. The molecule has 0 radical (unpaired) electrons. The lowest BCUT2D eigenvalue weighted by molar-refractivity contribution is -0.148. The van der Waals surface area contributed by atoms with Gasteiger partial charge in [0.15, 0.2) is 0 Å². The van der Waals surface area contributed by atoms with Crippen molar-refractivity contribution in [3.8, 4) is 0 Å². The highest BCUT2D eigenvalue weighted by atomic mass is 35.5. The number of nitrogens with zero attached hydrogens (tertiary/aromatic N) is 1. The number of halogens is 2. The Morgan fingerprint density at radius 3 is 3.00 bits per heavy atom. The monoisotopic (exact) mass is 285 g/mol. The van der Waals surface area contributed by atoms with Crippen LogP contribution in [0.4, 0.5) is 4.39 Å². The van der Waals surface area contributed by atoms with Crippen LogP contribution in [-0.4, -0.2) is 30.6 Å². The van der Waals surface area contributed by atoms with Crippen LogP contribution in [0.3, 0.4) is 0 Å². The van der Waals surface area contributed by atoms with Gasteiger partial charge in [0.2, 0.25) is 0 Å². The summed E-state index contributed by atoms with van der Waals surface area (Å²) in [6.45, 7) is 1.43. The average Bonchev–Trinajstić information content (AvgIpc) is 2.43. The second-order valence-corrected chi connectivity index (χ2v) is 5.16. The average molecular weight is 286 g/mol. The number of piperidine rings is 1. The number of carbonyl (C=O) groups excluding carboxylic acids is 1. The quantitative estimate of drug-likeness (QED) is 0.800. The molecule has 1 heterocycles. The fourth-order valence-corrected chi connectivity index (χ4v) is 2.66. The Morgan fingerprint density at radius 1 is 1.53 bits per heavy atom. The molecule has 104 valence electrons. The highest BCUT2D eigenvalue weighted by Gasteiger charge is 2.29. The van der Waals surface area contributed by atoms with Gasteiger partial charge in [0, 0.05) is 6.54 Å². The fraction of sp³-hybridized carbons (Fsp3) is 0.500. The molecular weight excluding hydrogens is 269 g/mol. The Bertz CT molecular complexity index is 467. The Morgan fingerprint density at radius 2 is 2.32 bits per heavy atom. The third kappa shape index (κ3) is 3.45. The van der Waals surface area contributed by atoms with Crippen LogP contribution in [-0.2, 0) is 16.1 Å². The Balaban J connectivity index is 2.10. The van der Waals surface area contributed by atoms with Crippen molar-refractivity contribution in [3.05, 3.63) is 34.6 Å². The number of hydrogen-bond acceptors (Lipinski definition) is 3. The summed E-state index contributed by atoms with van der Waals surface area (Å²) in [4.78, 5) is 13.8. The summed E-state index contributed by atoms with van der Waals surface area (Å²) in [5.41, 5.74) is 0.905. The van der Waals surface area contributed by atoms with Crippen molar-refractivity contribution in [2.75, 3.05) is 13.7 Å². The zero-order valence-corrected chi connectivity index (χ0v) is 11.6. The van der Waals surface area contributed by atoms with Crippen molar-refractivity contribution >= 4 is 17.6 Å². The minimum Gasteiger partial charge on any atom is -0.468 e. The molecular formula is C14H17ClFNO2. The molecule has 1 fully saturated rings. The second kappa shape index (κ2) is 6.35. The molecule has 1 saturated heterocycles. The van der Waals surface area contributed by atoms with E-state index in [0.717, 1.165) is 31.4 Å². The van der Waals surface area contributed by atoms with Crippen LogP contribution in [0.5, 0.6) is 0 Å². The van der Waals surface area contributed by atoms with Gasteiger partial charge in [0.05, 0.1) is 12.1 Å². The maximum Gasteiger partial charge on any atom is 0.323 e. The normalized spacial score (nSPS) is 20.3. The summed E-state index contributed by atoms with van der Waals surface area (Å²) < 4.78 is 18.0. The molecule has 1 atom stereocenters. The minimum atomic E-state index is -0.423. The van der Waals surface area contributed by atoms with Crippen LogP contribution in [0, 0.1) is 5.82 Å². The lowest BCUT2D eigenvalue weighted by Gasteiger charge is -2.33. The Labute approximate surface area is 117 Å². The summed E-state index contributed by atoms with van der Waals surface area (Å²) in [5, 5.41) is 0.115. The van der Waals surface area contributed by atoms with Crippen LogP contribution < -0.4 is 0 Å². The largest absolute Gasteiger partial charge is 0.468 e. The van der Waals surface area contributed by atoms with Gasteiger partial charge in [0.1, 0.15) is 11.9 Å². The van der Waals surface area contributed by atoms with Gasteiger partial charge in [-0.05, 0) is 37.1 Å². The van der Waals surface area contributed by atoms with Crippen LogP contribution >= 0.6 is 11.6 Å². The van der Waals surface area contributed by atoms with Crippen molar-refractivity contribution in [3.63, 3.8) is 0 Å². The molecule has 0 aromatic heterocycles. The van der Waals surface area contributed by atoms with Crippen molar-refractivity contribution in [2.24, 2.45) is 0 Å². The summed E-state index contributed by atoms with van der Waals surface area (Å²) in [5.74, 6) is -0.624. The molecule has 0 bridgehead atoms. The van der Waals surface area contributed by atoms with Gasteiger partial charge in [-0.1, -0.05) is 24.1 Å². The molecule has 2 rings (SSSR count). The zero-order valence-electron chi connectivity index (χ0n) is 10.9. The first kappa shape index (κ1) is 14.3. The van der Waals surface area contributed by atoms with Crippen molar-refractivity contribution < 1.29 is 13.9 Å². The van der Waals surface area contributed by atoms with E-state index in [9.17, 15) is 9.18 Å². The number of hydrogen-bond donors (Lipinski definition) is 0. The molecule has 1 unspecified atom stereocenters. The predicted octanol–water partition coefficient (Wildman–Crippen LogP) is 3.01. The molecule has 19 heavy (non-hydrogen) atoms. The third-order valence-corrected chi connectivity index (χ3v) is 3.75. The molecule has 1 aromatic carbocycles. The minimum absolute atomic E-state index is 0.115. The summed E-state index contributed by atoms with van der Waals surface area (Å²) in [6.07, 6.45) is 2.89. The standard InChI is InChI=1S/C14H17ClFNO2/c1-19-14(18)13-4-2-3-7-17(13)9-10-5-6-12(16)11(15)8-10/h5-6,8,13H,2-4,7,9H2,1H3. The number of ether oxygens (including phenoxy) is 1. The van der Waals surface area contributed by atoms with Gasteiger partial charge in [-0.2, -0.15) is 0 Å². The number of carbonyl (C=O) groups is 1. The van der Waals surface area contributed by atoms with Crippen molar-refractivity contribution in [2.45, 2.75) is 31.8 Å². The fourth-order valence-electron chi connectivity index (χ4n) is 2.46. The number of esters is 1. The number of likely N-dealkylation sites (tertiary alicyclic amines) is 1. The van der Waals surface area contributed by atoms with Crippen LogP contribution in [0.2, 0.25) is 5.02 Å². The van der Waals surface area contributed by atoms with E-state index in [1.54, 1.807) is 12.1 Å². The molecule has 3 nitrogen and oxygen atoms in total. The SMILES string of the molecule is COC(=O)C1CCCCN1Cc1ccc(F)c(Cl)c1. The van der Waals surface area contributed by atoms with Crippen molar-refractivity contribution in [1.82, 2.24) is 4.90 Å². The highest BCUT2D eigenvalue weighted by Crippen LogP contribution is 2.22. The molecule has 1 aliphatic heterocycles. The molecule has 0 spiro atoms. The summed E-state index contributed by atoms with van der Waals surface area (Å²) >= 11 is 5.77. The van der Waals surface area contributed by atoms with E-state index in [2.05, 4.69) is 4.90 Å². The first-order chi connectivity index (χ1) is 9.11. The van der Waals surface area contributed by atoms with Crippen LogP contribution in [0.15, 0.2) is 18.2 Å². The maximum absolute atomic E-state index is 13.1. The first-order valence-electron chi connectivity index (χ1n) is 6.37. The lowest BCUT2D eigenvalue weighted by atomic mass is 10.0. The molecule has 0 saturated carbocycles. The first-order valence-corrected chi connectivity index (χ1v) is 6.75. The van der Waals surface area contributed by atoms with E-state index in [0.29, 0.717) is 6.54 Å². The van der Waals surface area contributed by atoms with Gasteiger partial charge in [-0.3, -0.25) is 9.69 Å². The predicted molar refractivity (Wildman–Crippen MR) is 71.5 cm³/mol. The van der Waals surface area contributed by atoms with E-state index in [1.807, 2.05) is 0 Å². The molecule has 1 aliphatic rings. The Hall–Kier alpha value is -1.13. The van der Waals surface area contributed by atoms with E-state index >= 15 is 0 Å².